The molecule has 1 heterocycles. The Hall–Kier alpha value is -2.15. The van der Waals surface area contributed by atoms with Gasteiger partial charge in [-0.15, -0.1) is 0 Å². The second kappa shape index (κ2) is 9.37. The number of hydrogen-bond donors (Lipinski definition) is 2. The van der Waals surface area contributed by atoms with Gasteiger partial charge in [-0.3, -0.25) is 9.69 Å². The monoisotopic (exact) mass is 406 g/mol. The predicted molar refractivity (Wildman–Crippen MR) is 106 cm³/mol. The van der Waals surface area contributed by atoms with Gasteiger partial charge in [-0.1, -0.05) is 29.8 Å². The molecule has 2 N–H and O–H groups in total. The number of benzene rings is 2. The number of carbonyl (C=O) groups is 1. The van der Waals surface area contributed by atoms with Gasteiger partial charge in [0.25, 0.3) is 0 Å². The molecule has 0 radical (unpaired) electrons. The van der Waals surface area contributed by atoms with Crippen molar-refractivity contribution in [2.45, 2.75) is 25.0 Å². The summed E-state index contributed by atoms with van der Waals surface area (Å²) in [6, 6.07) is 13.1. The van der Waals surface area contributed by atoms with E-state index < -0.39 is 5.60 Å². The average molecular weight is 407 g/mol. The van der Waals surface area contributed by atoms with E-state index in [1.54, 1.807) is 36.4 Å². The SMILES string of the molecule is O=C(CN1CCCC(O)(COc2cccc(Cl)c2)C1)NCc1ccc(F)cc1. The first-order valence-electron chi connectivity index (χ1n) is 9.26. The summed E-state index contributed by atoms with van der Waals surface area (Å²) in [7, 11) is 0. The van der Waals surface area contributed by atoms with Crippen LogP contribution in [0.2, 0.25) is 5.02 Å². The van der Waals surface area contributed by atoms with Gasteiger partial charge in [-0.2, -0.15) is 0 Å². The number of rotatable bonds is 7. The Balaban J connectivity index is 1.46. The van der Waals surface area contributed by atoms with Crippen LogP contribution in [0, 0.1) is 5.82 Å². The van der Waals surface area contributed by atoms with Gasteiger partial charge < -0.3 is 15.2 Å². The number of aliphatic hydroxyl groups is 1. The van der Waals surface area contributed by atoms with E-state index in [2.05, 4.69) is 5.32 Å². The predicted octanol–water partition coefficient (Wildman–Crippen LogP) is 3.00. The second-order valence-corrected chi connectivity index (χ2v) is 7.62. The molecule has 0 aliphatic carbocycles. The molecular weight excluding hydrogens is 383 g/mol. The van der Waals surface area contributed by atoms with Gasteiger partial charge in [0.1, 0.15) is 23.8 Å². The number of nitrogens with one attached hydrogen (secondary N) is 1. The molecule has 1 unspecified atom stereocenters. The van der Waals surface area contributed by atoms with E-state index in [9.17, 15) is 14.3 Å². The van der Waals surface area contributed by atoms with Crippen LogP contribution in [0.4, 0.5) is 4.39 Å². The molecule has 150 valence electrons. The van der Waals surface area contributed by atoms with Crippen molar-refractivity contribution in [3.63, 3.8) is 0 Å². The lowest BCUT2D eigenvalue weighted by molar-refractivity contribution is -0.124. The van der Waals surface area contributed by atoms with Crippen LogP contribution in [-0.4, -0.2) is 47.8 Å². The minimum Gasteiger partial charge on any atom is -0.490 e. The quantitative estimate of drug-likeness (QED) is 0.742. The molecule has 5 nitrogen and oxygen atoms in total. The van der Waals surface area contributed by atoms with Gasteiger partial charge in [0.05, 0.1) is 6.54 Å². The van der Waals surface area contributed by atoms with Gasteiger partial charge in [-0.25, -0.2) is 4.39 Å². The highest BCUT2D eigenvalue weighted by molar-refractivity contribution is 6.30. The van der Waals surface area contributed by atoms with Crippen molar-refractivity contribution in [3.8, 4) is 5.75 Å². The number of amides is 1. The van der Waals surface area contributed by atoms with E-state index >= 15 is 0 Å². The molecule has 2 aromatic carbocycles. The van der Waals surface area contributed by atoms with E-state index in [0.29, 0.717) is 30.3 Å². The Morgan fingerprint density at radius 3 is 2.82 bits per heavy atom. The van der Waals surface area contributed by atoms with Crippen LogP contribution in [0.5, 0.6) is 5.75 Å². The molecule has 0 saturated carbocycles. The zero-order valence-electron chi connectivity index (χ0n) is 15.5. The standard InChI is InChI=1S/C21H24ClFN2O3/c22-17-3-1-4-19(11-17)28-15-21(27)9-2-10-25(14-21)13-20(26)24-12-16-5-7-18(23)8-6-16/h1,3-8,11,27H,2,9-10,12-15H2,(H,24,26). The highest BCUT2D eigenvalue weighted by Gasteiger charge is 2.34. The summed E-state index contributed by atoms with van der Waals surface area (Å²) >= 11 is 5.95. The maximum atomic E-state index is 12.9. The fourth-order valence-corrected chi connectivity index (χ4v) is 3.48. The molecule has 3 rings (SSSR count). The molecular formula is C21H24ClFN2O3. The summed E-state index contributed by atoms with van der Waals surface area (Å²) in [4.78, 5) is 14.1. The Morgan fingerprint density at radius 1 is 1.29 bits per heavy atom. The summed E-state index contributed by atoms with van der Waals surface area (Å²) in [5.41, 5.74) is -0.183. The first-order chi connectivity index (χ1) is 13.4. The Morgan fingerprint density at radius 2 is 2.07 bits per heavy atom. The number of carbonyl (C=O) groups excluding carboxylic acids is 1. The summed E-state index contributed by atoms with van der Waals surface area (Å²) in [5, 5.41) is 14.3. The van der Waals surface area contributed by atoms with Crippen molar-refractivity contribution in [3.05, 3.63) is 64.9 Å². The summed E-state index contributed by atoms with van der Waals surface area (Å²) < 4.78 is 18.6. The van der Waals surface area contributed by atoms with Gasteiger partial charge in [0.2, 0.25) is 5.91 Å². The van der Waals surface area contributed by atoms with Crippen molar-refractivity contribution >= 4 is 17.5 Å². The number of likely N-dealkylation sites (tertiary alicyclic amines) is 1. The molecule has 1 saturated heterocycles. The van der Waals surface area contributed by atoms with E-state index in [-0.39, 0.29) is 24.9 Å². The number of piperidine rings is 1. The number of ether oxygens (including phenoxy) is 1. The largest absolute Gasteiger partial charge is 0.490 e. The highest BCUT2D eigenvalue weighted by atomic mass is 35.5. The van der Waals surface area contributed by atoms with Crippen molar-refractivity contribution in [2.24, 2.45) is 0 Å². The average Bonchev–Trinajstić information content (AvgIpc) is 2.66. The van der Waals surface area contributed by atoms with Crippen molar-refractivity contribution in [2.75, 3.05) is 26.2 Å². The minimum atomic E-state index is -1.02. The molecule has 1 amide bonds. The highest BCUT2D eigenvalue weighted by Crippen LogP contribution is 2.24. The summed E-state index contributed by atoms with van der Waals surface area (Å²) in [6.07, 6.45) is 1.39. The number of halogens is 2. The molecule has 1 aliphatic heterocycles. The van der Waals surface area contributed by atoms with Crippen LogP contribution in [-0.2, 0) is 11.3 Å². The third-order valence-corrected chi connectivity index (χ3v) is 4.94. The van der Waals surface area contributed by atoms with Gasteiger partial charge in [0.15, 0.2) is 0 Å². The normalized spacial score (nSPS) is 20.0. The molecule has 2 aromatic rings. The molecule has 0 spiro atoms. The second-order valence-electron chi connectivity index (χ2n) is 7.19. The van der Waals surface area contributed by atoms with Crippen LogP contribution in [0.15, 0.2) is 48.5 Å². The van der Waals surface area contributed by atoms with Crippen molar-refractivity contribution in [1.82, 2.24) is 10.2 Å². The molecule has 7 heteroatoms. The zero-order valence-corrected chi connectivity index (χ0v) is 16.3. The minimum absolute atomic E-state index is 0.135. The van der Waals surface area contributed by atoms with Gasteiger partial charge in [0, 0.05) is 18.1 Å². The number of β-amino-alcohol motifs (C(OH)–C–C–N with tert-alkyl or cyclic N) is 1. The molecule has 0 bridgehead atoms. The molecule has 0 aromatic heterocycles. The van der Waals surface area contributed by atoms with E-state index in [4.69, 9.17) is 16.3 Å². The molecule has 1 aliphatic rings. The third kappa shape index (κ3) is 6.19. The summed E-state index contributed by atoms with van der Waals surface area (Å²) in [5.74, 6) is 0.169. The summed E-state index contributed by atoms with van der Waals surface area (Å²) in [6.45, 7) is 1.78. The van der Waals surface area contributed by atoms with Crippen LogP contribution in [0.1, 0.15) is 18.4 Å². The van der Waals surface area contributed by atoms with Gasteiger partial charge >= 0.3 is 0 Å². The smallest absolute Gasteiger partial charge is 0.234 e. The maximum absolute atomic E-state index is 12.9. The van der Waals surface area contributed by atoms with Crippen molar-refractivity contribution in [1.29, 1.82) is 0 Å². The van der Waals surface area contributed by atoms with E-state index in [1.807, 2.05) is 4.90 Å². The van der Waals surface area contributed by atoms with Crippen LogP contribution in [0.3, 0.4) is 0 Å². The Labute approximate surface area is 169 Å². The molecule has 28 heavy (non-hydrogen) atoms. The first kappa shape index (κ1) is 20.6. The fourth-order valence-electron chi connectivity index (χ4n) is 3.30. The fraction of sp³-hybridized carbons (Fsp3) is 0.381. The van der Waals surface area contributed by atoms with E-state index in [0.717, 1.165) is 18.5 Å². The lowest BCUT2D eigenvalue weighted by Crippen LogP contribution is -2.53. The van der Waals surface area contributed by atoms with Crippen LogP contribution in [0.25, 0.3) is 0 Å². The zero-order chi connectivity index (χ0) is 20.0. The third-order valence-electron chi connectivity index (χ3n) is 4.71. The van der Waals surface area contributed by atoms with Crippen molar-refractivity contribution < 1.29 is 19.0 Å². The number of nitrogens with zero attached hydrogens (tertiary/aromatic N) is 1. The first-order valence-corrected chi connectivity index (χ1v) is 9.64. The van der Waals surface area contributed by atoms with Gasteiger partial charge in [-0.05, 0) is 55.3 Å². The number of hydrogen-bond acceptors (Lipinski definition) is 4. The Kier molecular flexibility index (Phi) is 6.88. The molecule has 1 fully saturated rings. The lowest BCUT2D eigenvalue weighted by atomic mass is 9.93. The van der Waals surface area contributed by atoms with Crippen LogP contribution >= 0.6 is 11.6 Å². The maximum Gasteiger partial charge on any atom is 0.234 e. The Bertz CT molecular complexity index is 802. The van der Waals surface area contributed by atoms with E-state index in [1.165, 1.54) is 12.1 Å². The topological polar surface area (TPSA) is 61.8 Å². The molecule has 1 atom stereocenters. The van der Waals surface area contributed by atoms with Crippen LogP contribution < -0.4 is 10.1 Å². The lowest BCUT2D eigenvalue weighted by Gasteiger charge is -2.38.